The van der Waals surface area contributed by atoms with Crippen LogP contribution in [0.2, 0.25) is 0 Å². The fourth-order valence-electron chi connectivity index (χ4n) is 1.70. The molecule has 0 fully saturated rings. The molecule has 0 saturated carbocycles. The Morgan fingerprint density at radius 2 is 2.11 bits per heavy atom. The van der Waals surface area contributed by atoms with E-state index in [4.69, 9.17) is 15.7 Å². The van der Waals surface area contributed by atoms with E-state index >= 15 is 0 Å². The molecule has 0 bridgehead atoms. The van der Waals surface area contributed by atoms with Crippen molar-refractivity contribution < 1.29 is 4.74 Å². The Morgan fingerprint density at radius 1 is 1.32 bits per heavy atom. The van der Waals surface area contributed by atoms with Crippen LogP contribution in [0.3, 0.4) is 0 Å². The van der Waals surface area contributed by atoms with Crippen LogP contribution >= 0.6 is 15.9 Å². The monoisotopic (exact) mass is 316 g/mol. The van der Waals surface area contributed by atoms with E-state index in [1.54, 1.807) is 12.1 Å². The Kier molecular flexibility index (Phi) is 4.08. The first-order valence-corrected chi connectivity index (χ1v) is 6.57. The molecule has 96 valence electrons. The summed E-state index contributed by atoms with van der Waals surface area (Å²) >= 11 is 3.45. The minimum absolute atomic E-state index is 0.364. The number of hydrogen-bond donors (Lipinski definition) is 1. The highest BCUT2D eigenvalue weighted by Crippen LogP contribution is 2.26. The highest BCUT2D eigenvalue weighted by Gasteiger charge is 2.07. The molecular formula is C15H13BrN2O. The van der Waals surface area contributed by atoms with Crippen molar-refractivity contribution in [2.45, 2.75) is 13.5 Å². The van der Waals surface area contributed by atoms with Gasteiger partial charge in [-0.2, -0.15) is 5.26 Å². The van der Waals surface area contributed by atoms with Crippen LogP contribution in [0.5, 0.6) is 5.75 Å². The molecule has 0 heterocycles. The van der Waals surface area contributed by atoms with Gasteiger partial charge in [-0.05, 0) is 36.8 Å². The Balaban J connectivity index is 2.22. The second kappa shape index (κ2) is 5.77. The lowest BCUT2D eigenvalue weighted by molar-refractivity contribution is 0.304. The molecule has 4 heteroatoms. The molecule has 0 aromatic heterocycles. The van der Waals surface area contributed by atoms with Gasteiger partial charge < -0.3 is 10.5 Å². The third-order valence-corrected chi connectivity index (χ3v) is 3.59. The van der Waals surface area contributed by atoms with Gasteiger partial charge in [-0.3, -0.25) is 0 Å². The maximum Gasteiger partial charge on any atom is 0.124 e. The zero-order valence-corrected chi connectivity index (χ0v) is 12.1. The van der Waals surface area contributed by atoms with E-state index in [9.17, 15) is 0 Å². The Bertz CT molecular complexity index is 627. The zero-order chi connectivity index (χ0) is 13.8. The van der Waals surface area contributed by atoms with E-state index in [1.807, 2.05) is 31.2 Å². The van der Waals surface area contributed by atoms with Crippen molar-refractivity contribution in [3.05, 3.63) is 57.6 Å². The summed E-state index contributed by atoms with van der Waals surface area (Å²) < 4.78 is 6.68. The second-order valence-electron chi connectivity index (χ2n) is 4.19. The predicted molar refractivity (Wildman–Crippen MR) is 78.8 cm³/mol. The molecule has 0 aliphatic heterocycles. The van der Waals surface area contributed by atoms with Gasteiger partial charge in [-0.1, -0.05) is 28.1 Å². The van der Waals surface area contributed by atoms with Gasteiger partial charge in [0.1, 0.15) is 12.4 Å². The molecule has 0 amide bonds. The molecule has 3 nitrogen and oxygen atoms in total. The number of aryl methyl sites for hydroxylation is 1. The van der Waals surface area contributed by atoms with Crippen LogP contribution in [0.15, 0.2) is 40.9 Å². The molecule has 2 aromatic carbocycles. The topological polar surface area (TPSA) is 59.0 Å². The molecule has 0 atom stereocenters. The number of nitrogens with zero attached hydrogens (tertiary/aromatic N) is 1. The van der Waals surface area contributed by atoms with Gasteiger partial charge >= 0.3 is 0 Å². The van der Waals surface area contributed by atoms with Crippen LogP contribution < -0.4 is 10.5 Å². The number of anilines is 1. The van der Waals surface area contributed by atoms with Crippen LogP contribution in [-0.4, -0.2) is 0 Å². The van der Waals surface area contributed by atoms with Crippen LogP contribution in [0.25, 0.3) is 0 Å². The summed E-state index contributed by atoms with van der Waals surface area (Å²) in [6.07, 6.45) is 0. The van der Waals surface area contributed by atoms with Crippen LogP contribution in [-0.2, 0) is 6.61 Å². The van der Waals surface area contributed by atoms with Gasteiger partial charge in [0.2, 0.25) is 0 Å². The Hall–Kier alpha value is -1.99. The fourth-order valence-corrected chi connectivity index (χ4v) is 2.20. The predicted octanol–water partition coefficient (Wildman–Crippen LogP) is 3.79. The molecule has 0 radical (unpaired) electrons. The van der Waals surface area contributed by atoms with Crippen molar-refractivity contribution in [1.29, 1.82) is 5.26 Å². The Labute approximate surface area is 120 Å². The van der Waals surface area contributed by atoms with E-state index in [-0.39, 0.29) is 0 Å². The first-order valence-electron chi connectivity index (χ1n) is 5.78. The van der Waals surface area contributed by atoms with Crippen LogP contribution in [0.1, 0.15) is 16.7 Å². The molecule has 2 N–H and O–H groups in total. The fraction of sp³-hybridized carbons (Fsp3) is 0.133. The summed E-state index contributed by atoms with van der Waals surface area (Å²) in [7, 11) is 0. The van der Waals surface area contributed by atoms with E-state index < -0.39 is 0 Å². The lowest BCUT2D eigenvalue weighted by atomic mass is 10.1. The second-order valence-corrected chi connectivity index (χ2v) is 5.04. The summed E-state index contributed by atoms with van der Waals surface area (Å²) in [6.45, 7) is 2.31. The summed E-state index contributed by atoms with van der Waals surface area (Å²) in [4.78, 5) is 0. The van der Waals surface area contributed by atoms with Gasteiger partial charge in [-0.25, -0.2) is 0 Å². The van der Waals surface area contributed by atoms with Crippen LogP contribution in [0.4, 0.5) is 5.69 Å². The quantitative estimate of drug-likeness (QED) is 0.876. The smallest absolute Gasteiger partial charge is 0.124 e. The lowest BCUT2D eigenvalue weighted by Crippen LogP contribution is -2.02. The van der Waals surface area contributed by atoms with Crippen molar-refractivity contribution in [2.75, 3.05) is 5.73 Å². The molecular weight excluding hydrogens is 304 g/mol. The number of benzene rings is 2. The van der Waals surface area contributed by atoms with Gasteiger partial charge in [0.15, 0.2) is 0 Å². The number of nitriles is 1. The first kappa shape index (κ1) is 13.4. The third-order valence-electron chi connectivity index (χ3n) is 2.84. The largest absolute Gasteiger partial charge is 0.488 e. The van der Waals surface area contributed by atoms with Crippen molar-refractivity contribution >= 4 is 21.6 Å². The normalized spacial score (nSPS) is 9.95. The number of rotatable bonds is 3. The molecule has 0 aliphatic carbocycles. The lowest BCUT2D eigenvalue weighted by Gasteiger charge is -2.12. The summed E-state index contributed by atoms with van der Waals surface area (Å²) in [6, 6.07) is 13.1. The Morgan fingerprint density at radius 3 is 2.79 bits per heavy atom. The highest BCUT2D eigenvalue weighted by molar-refractivity contribution is 9.10. The van der Waals surface area contributed by atoms with Crippen molar-refractivity contribution in [2.24, 2.45) is 0 Å². The number of halogens is 1. The number of hydrogen-bond acceptors (Lipinski definition) is 3. The first-order chi connectivity index (χ1) is 9.11. The van der Waals surface area contributed by atoms with E-state index in [0.717, 1.165) is 15.6 Å². The van der Waals surface area contributed by atoms with Crippen molar-refractivity contribution in [1.82, 2.24) is 0 Å². The minimum Gasteiger partial charge on any atom is -0.488 e. The van der Waals surface area contributed by atoms with Crippen LogP contribution in [0, 0.1) is 18.3 Å². The maximum atomic E-state index is 8.89. The maximum absolute atomic E-state index is 8.89. The van der Waals surface area contributed by atoms with E-state index in [0.29, 0.717) is 23.6 Å². The molecule has 0 aliphatic rings. The van der Waals surface area contributed by atoms with Gasteiger partial charge in [-0.15, -0.1) is 0 Å². The van der Waals surface area contributed by atoms with E-state index in [1.165, 1.54) is 0 Å². The molecule has 0 spiro atoms. The molecule has 2 rings (SSSR count). The standard InChI is InChI=1S/C15H13BrN2O/c1-10-5-6-11(8-17)7-15(10)19-9-12-13(16)3-2-4-14(12)18/h2-7H,9,18H2,1H3. The molecule has 2 aromatic rings. The van der Waals surface area contributed by atoms with Crippen molar-refractivity contribution in [3.8, 4) is 11.8 Å². The molecule has 0 unspecified atom stereocenters. The molecule has 19 heavy (non-hydrogen) atoms. The summed E-state index contributed by atoms with van der Waals surface area (Å²) in [5.41, 5.74) is 9.08. The number of nitrogens with two attached hydrogens (primary N) is 1. The summed E-state index contributed by atoms with van der Waals surface area (Å²) in [5.74, 6) is 0.703. The number of ether oxygens (including phenoxy) is 1. The number of nitrogen functional groups attached to an aromatic ring is 1. The van der Waals surface area contributed by atoms with Gasteiger partial charge in [0.25, 0.3) is 0 Å². The highest BCUT2D eigenvalue weighted by atomic mass is 79.9. The third kappa shape index (κ3) is 3.07. The summed E-state index contributed by atoms with van der Waals surface area (Å²) in [5, 5.41) is 8.89. The average Bonchev–Trinajstić information content (AvgIpc) is 2.40. The van der Waals surface area contributed by atoms with Gasteiger partial charge in [0.05, 0.1) is 11.6 Å². The van der Waals surface area contributed by atoms with Crippen molar-refractivity contribution in [3.63, 3.8) is 0 Å². The average molecular weight is 317 g/mol. The SMILES string of the molecule is Cc1ccc(C#N)cc1OCc1c(N)cccc1Br. The van der Waals surface area contributed by atoms with Gasteiger partial charge in [0, 0.05) is 15.7 Å². The minimum atomic E-state index is 0.364. The zero-order valence-electron chi connectivity index (χ0n) is 10.5. The molecule has 0 saturated heterocycles. The van der Waals surface area contributed by atoms with E-state index in [2.05, 4.69) is 22.0 Å².